The van der Waals surface area contributed by atoms with Gasteiger partial charge in [0.1, 0.15) is 34.8 Å². The second-order valence-corrected chi connectivity index (χ2v) is 8.45. The van der Waals surface area contributed by atoms with Gasteiger partial charge in [-0.15, -0.1) is 0 Å². The summed E-state index contributed by atoms with van der Waals surface area (Å²) in [4.78, 5) is 22.4. The smallest absolute Gasteiger partial charge is 0.252 e. The molecule has 0 aliphatic heterocycles. The number of phenols is 1. The number of carbonyl (C=O) groups excluding carboxylic acids is 2. The molecule has 0 aliphatic rings. The van der Waals surface area contributed by atoms with Gasteiger partial charge in [-0.25, -0.2) is 17.6 Å². The lowest BCUT2D eigenvalue weighted by Crippen LogP contribution is -2.03. The van der Waals surface area contributed by atoms with Crippen molar-refractivity contribution in [3.63, 3.8) is 0 Å². The van der Waals surface area contributed by atoms with Crippen molar-refractivity contribution in [2.24, 2.45) is 0 Å². The van der Waals surface area contributed by atoms with E-state index in [1.165, 1.54) is 18.2 Å². The topological polar surface area (TPSA) is 63.6 Å². The first-order valence-corrected chi connectivity index (χ1v) is 11.5. The van der Waals surface area contributed by atoms with E-state index in [9.17, 15) is 32.3 Å². The number of ketones is 1. The maximum atomic E-state index is 13.0. The highest BCUT2D eigenvalue weighted by atomic mass is 35.5. The lowest BCUT2D eigenvalue weighted by Gasteiger charge is -2.05. The zero-order valence-corrected chi connectivity index (χ0v) is 21.6. The average molecular weight is 588 g/mol. The molecule has 0 heterocycles. The predicted octanol–water partition coefficient (Wildman–Crippen LogP) is 8.25. The fraction of sp³-hybridized carbons (Fsp3) is 0.0370. The molecule has 0 fully saturated rings. The minimum absolute atomic E-state index is 0.104. The number of halogens is 7. The van der Waals surface area contributed by atoms with E-state index < -0.39 is 34.3 Å². The van der Waals surface area contributed by atoms with Gasteiger partial charge in [-0.1, -0.05) is 23.2 Å². The largest absolute Gasteiger partial charge is 0.507 e. The van der Waals surface area contributed by atoms with E-state index in [0.717, 1.165) is 35.0 Å². The van der Waals surface area contributed by atoms with Crippen LogP contribution in [-0.2, 0) is 0 Å². The Balaban J connectivity index is 0.000000217. The van der Waals surface area contributed by atoms with Crippen molar-refractivity contribution in [3.05, 3.63) is 129 Å². The number of phenolic OH excluding ortho intramolecular Hbond substituents is 1. The Labute approximate surface area is 230 Å². The third-order valence-electron chi connectivity index (χ3n) is 4.47. The van der Waals surface area contributed by atoms with Crippen molar-refractivity contribution in [3.8, 4) is 11.5 Å². The van der Waals surface area contributed by atoms with E-state index in [1.807, 2.05) is 12.1 Å². The zero-order chi connectivity index (χ0) is 28.4. The van der Waals surface area contributed by atoms with Crippen LogP contribution < -0.4 is 4.74 Å². The van der Waals surface area contributed by atoms with E-state index in [-0.39, 0.29) is 27.5 Å². The Hall–Kier alpha value is -3.59. The summed E-state index contributed by atoms with van der Waals surface area (Å²) in [6.07, 6.45) is 0. The highest BCUT2D eigenvalue weighted by Gasteiger charge is 2.16. The molecule has 0 atom stereocenters. The Bertz CT molecular complexity index is 1390. The molecular formula is C27H17Cl3F4O4. The quantitative estimate of drug-likeness (QED) is 0.148. The number of benzene rings is 4. The zero-order valence-electron chi connectivity index (χ0n) is 19.3. The maximum absolute atomic E-state index is 13.0. The molecule has 198 valence electrons. The van der Waals surface area contributed by atoms with Crippen molar-refractivity contribution in [2.45, 2.75) is 0 Å². The van der Waals surface area contributed by atoms with Gasteiger partial charge in [-0.3, -0.25) is 9.59 Å². The van der Waals surface area contributed by atoms with Crippen LogP contribution >= 0.6 is 34.8 Å². The third-order valence-corrected chi connectivity index (χ3v) is 5.17. The summed E-state index contributed by atoms with van der Waals surface area (Å²) in [6, 6.07) is 16.0. The van der Waals surface area contributed by atoms with Crippen molar-refractivity contribution >= 4 is 45.8 Å². The molecule has 11 heteroatoms. The maximum Gasteiger partial charge on any atom is 0.252 e. The van der Waals surface area contributed by atoms with Gasteiger partial charge in [0, 0.05) is 33.3 Å². The highest BCUT2D eigenvalue weighted by Crippen LogP contribution is 2.25. The van der Waals surface area contributed by atoms with Gasteiger partial charge in [-0.05, 0) is 78.3 Å². The van der Waals surface area contributed by atoms with Crippen molar-refractivity contribution in [1.29, 1.82) is 0 Å². The fourth-order valence-corrected chi connectivity index (χ4v) is 3.18. The summed E-state index contributed by atoms with van der Waals surface area (Å²) in [7, 11) is 1.63. The lowest BCUT2D eigenvalue weighted by atomic mass is 10.0. The molecule has 0 saturated heterocycles. The van der Waals surface area contributed by atoms with Gasteiger partial charge in [0.05, 0.1) is 12.7 Å². The van der Waals surface area contributed by atoms with Crippen LogP contribution in [0.3, 0.4) is 0 Å². The molecule has 0 saturated carbocycles. The molecular weight excluding hydrogens is 571 g/mol. The first-order chi connectivity index (χ1) is 17.9. The second kappa shape index (κ2) is 14.4. The average Bonchev–Trinajstić information content (AvgIpc) is 2.85. The number of rotatable bonds is 4. The van der Waals surface area contributed by atoms with E-state index >= 15 is 0 Å². The minimum Gasteiger partial charge on any atom is -0.507 e. The summed E-state index contributed by atoms with van der Waals surface area (Å²) < 4.78 is 55.6. The Kier molecular flexibility index (Phi) is 11.6. The molecule has 0 amide bonds. The molecule has 4 nitrogen and oxygen atoms in total. The number of hydrogen-bond acceptors (Lipinski definition) is 4. The van der Waals surface area contributed by atoms with Crippen LogP contribution in [0.15, 0.2) is 78.9 Å². The Morgan fingerprint density at radius 3 is 1.58 bits per heavy atom. The van der Waals surface area contributed by atoms with Gasteiger partial charge in [-0.2, -0.15) is 0 Å². The number of carbonyl (C=O) groups is 2. The van der Waals surface area contributed by atoms with Crippen LogP contribution in [-0.4, -0.2) is 23.2 Å². The minimum atomic E-state index is -0.872. The SMILES string of the molecule is COc1ccc(Cl)cc1.O=C(Cl)c1cc(F)cc(F)c1.O=C(c1cc(F)cc(F)c1)c1cc(Cl)ccc1O. The molecule has 0 unspecified atom stereocenters. The molecule has 1 N–H and O–H groups in total. The molecule has 4 aromatic carbocycles. The number of ether oxygens (including phenoxy) is 1. The Morgan fingerprint density at radius 2 is 1.13 bits per heavy atom. The molecule has 4 rings (SSSR count). The van der Waals surface area contributed by atoms with Gasteiger partial charge in [0.25, 0.3) is 5.24 Å². The first kappa shape index (κ1) is 30.6. The predicted molar refractivity (Wildman–Crippen MR) is 137 cm³/mol. The summed E-state index contributed by atoms with van der Waals surface area (Å²) >= 11 is 16.3. The molecule has 0 radical (unpaired) electrons. The molecule has 4 aromatic rings. The van der Waals surface area contributed by atoms with E-state index in [2.05, 4.69) is 0 Å². The van der Waals surface area contributed by atoms with E-state index in [4.69, 9.17) is 39.5 Å². The summed E-state index contributed by atoms with van der Waals surface area (Å²) in [6.45, 7) is 0. The van der Waals surface area contributed by atoms with Crippen molar-refractivity contribution < 1.29 is 37.0 Å². The van der Waals surface area contributed by atoms with Crippen LogP contribution in [0.1, 0.15) is 26.3 Å². The van der Waals surface area contributed by atoms with Gasteiger partial charge in [0.2, 0.25) is 0 Å². The van der Waals surface area contributed by atoms with E-state index in [1.54, 1.807) is 19.2 Å². The fourth-order valence-electron chi connectivity index (χ4n) is 2.77. The highest BCUT2D eigenvalue weighted by molar-refractivity contribution is 6.67. The molecule has 0 aliphatic carbocycles. The summed E-state index contributed by atoms with van der Waals surface area (Å²) in [5.41, 5.74) is -0.471. The Morgan fingerprint density at radius 1 is 0.684 bits per heavy atom. The van der Waals surface area contributed by atoms with Crippen molar-refractivity contribution in [1.82, 2.24) is 0 Å². The van der Waals surface area contributed by atoms with Gasteiger partial charge >= 0.3 is 0 Å². The van der Waals surface area contributed by atoms with Gasteiger partial charge < -0.3 is 9.84 Å². The van der Waals surface area contributed by atoms with Crippen LogP contribution in [0, 0.1) is 23.3 Å². The van der Waals surface area contributed by atoms with Crippen LogP contribution in [0.4, 0.5) is 17.6 Å². The van der Waals surface area contributed by atoms with Gasteiger partial charge in [0.15, 0.2) is 5.78 Å². The lowest BCUT2D eigenvalue weighted by molar-refractivity contribution is 0.103. The van der Waals surface area contributed by atoms with Crippen LogP contribution in [0.5, 0.6) is 11.5 Å². The number of hydrogen-bond donors (Lipinski definition) is 1. The standard InChI is InChI=1S/C13H7ClF2O2.C7H3ClF2O.C7H7ClO/c14-8-1-2-12(17)11(5-8)13(18)7-3-9(15)6-10(16)4-7;8-7(11)4-1-5(9)3-6(10)2-4;1-9-7-4-2-6(8)3-5-7/h1-6,17H;1-3H;2-5H,1H3. The molecule has 0 spiro atoms. The summed E-state index contributed by atoms with van der Waals surface area (Å²) in [5.74, 6) is -3.51. The van der Waals surface area contributed by atoms with Crippen LogP contribution in [0.2, 0.25) is 10.0 Å². The first-order valence-electron chi connectivity index (χ1n) is 10.3. The number of aromatic hydroxyl groups is 1. The van der Waals surface area contributed by atoms with Crippen molar-refractivity contribution in [2.75, 3.05) is 7.11 Å². The summed E-state index contributed by atoms with van der Waals surface area (Å²) in [5, 5.41) is 9.64. The van der Waals surface area contributed by atoms with Crippen LogP contribution in [0.25, 0.3) is 0 Å². The monoisotopic (exact) mass is 586 g/mol. The number of methoxy groups -OCH3 is 1. The van der Waals surface area contributed by atoms with E-state index in [0.29, 0.717) is 12.1 Å². The normalized spacial score (nSPS) is 9.89. The molecule has 0 aromatic heterocycles. The third kappa shape index (κ3) is 9.70. The molecule has 38 heavy (non-hydrogen) atoms. The second-order valence-electron chi connectivity index (χ2n) is 7.24. The molecule has 0 bridgehead atoms.